The number of halogens is 2. The van der Waals surface area contributed by atoms with Gasteiger partial charge in [-0.05, 0) is 52.9 Å². The Bertz CT molecular complexity index is 460. The van der Waals surface area contributed by atoms with Crippen molar-refractivity contribution in [3.8, 4) is 0 Å². The van der Waals surface area contributed by atoms with Crippen molar-refractivity contribution in [2.24, 2.45) is 5.92 Å². The van der Waals surface area contributed by atoms with E-state index in [0.717, 1.165) is 29.1 Å². The summed E-state index contributed by atoms with van der Waals surface area (Å²) in [5, 5.41) is 0.144. The molecular formula is C13H14BrClN2. The second kappa shape index (κ2) is 4.62. The highest BCUT2D eigenvalue weighted by Crippen LogP contribution is 2.37. The molecule has 4 heteroatoms. The highest BCUT2D eigenvalue weighted by molar-refractivity contribution is 9.10. The molecule has 2 aliphatic heterocycles. The van der Waals surface area contributed by atoms with Crippen molar-refractivity contribution < 1.29 is 0 Å². The summed E-state index contributed by atoms with van der Waals surface area (Å²) in [6.45, 7) is 2.31. The van der Waals surface area contributed by atoms with Crippen molar-refractivity contribution in [2.45, 2.75) is 18.2 Å². The van der Waals surface area contributed by atoms with Gasteiger partial charge in [0.2, 0.25) is 0 Å². The number of aromatic nitrogens is 1. The standard InChI is InChI=1S/C13H14BrClN2/c14-10-2-1-4-16-12(10)7-13-11(15)6-9-3-5-17(13)8-9/h1-2,4,7,9,11H,3,5-6,8H2/b13-7-. The quantitative estimate of drug-likeness (QED) is 0.738. The Balaban J connectivity index is 1.95. The summed E-state index contributed by atoms with van der Waals surface area (Å²) >= 11 is 9.99. The van der Waals surface area contributed by atoms with Gasteiger partial charge in [-0.3, -0.25) is 4.98 Å². The van der Waals surface area contributed by atoms with Crippen LogP contribution >= 0.6 is 27.5 Å². The van der Waals surface area contributed by atoms with Gasteiger partial charge in [0.05, 0.1) is 11.1 Å². The van der Waals surface area contributed by atoms with Gasteiger partial charge in [-0.15, -0.1) is 11.6 Å². The molecule has 0 spiro atoms. The van der Waals surface area contributed by atoms with Crippen molar-refractivity contribution in [2.75, 3.05) is 13.1 Å². The first-order valence-corrected chi connectivity index (χ1v) is 7.18. The SMILES string of the molecule is ClC1CC2CCN(C2)/C1=C\c1ncccc1Br. The number of pyridine rings is 1. The average Bonchev–Trinajstić information content (AvgIpc) is 2.70. The van der Waals surface area contributed by atoms with E-state index in [1.165, 1.54) is 18.7 Å². The van der Waals surface area contributed by atoms with E-state index in [1.54, 1.807) is 0 Å². The molecule has 2 nitrogen and oxygen atoms in total. The molecule has 3 rings (SSSR count). The maximum Gasteiger partial charge on any atom is 0.0789 e. The third-order valence-corrected chi connectivity index (χ3v) is 4.66. The molecule has 0 aromatic carbocycles. The minimum absolute atomic E-state index is 0.144. The highest BCUT2D eigenvalue weighted by Gasteiger charge is 2.34. The van der Waals surface area contributed by atoms with E-state index in [4.69, 9.17) is 11.6 Å². The number of hydrogen-bond acceptors (Lipinski definition) is 2. The molecule has 0 radical (unpaired) electrons. The molecule has 1 aromatic rings. The molecule has 1 aromatic heterocycles. The smallest absolute Gasteiger partial charge is 0.0789 e. The molecule has 2 bridgehead atoms. The zero-order valence-corrected chi connectivity index (χ0v) is 11.8. The minimum Gasteiger partial charge on any atom is -0.373 e. The molecule has 0 amide bonds. The topological polar surface area (TPSA) is 16.1 Å². The van der Waals surface area contributed by atoms with Gasteiger partial charge in [-0.2, -0.15) is 0 Å². The fourth-order valence-corrected chi connectivity index (χ4v) is 3.52. The molecular weight excluding hydrogens is 300 g/mol. The molecule has 2 fully saturated rings. The van der Waals surface area contributed by atoms with Gasteiger partial charge < -0.3 is 4.90 Å². The molecule has 2 aliphatic rings. The molecule has 2 atom stereocenters. The summed E-state index contributed by atoms with van der Waals surface area (Å²) in [5.41, 5.74) is 2.21. The van der Waals surface area contributed by atoms with Crippen molar-refractivity contribution in [1.82, 2.24) is 9.88 Å². The molecule has 90 valence electrons. The summed E-state index contributed by atoms with van der Waals surface area (Å²) in [4.78, 5) is 6.79. The Morgan fingerprint density at radius 1 is 1.53 bits per heavy atom. The molecule has 2 saturated heterocycles. The number of alkyl halides is 1. The van der Waals surface area contributed by atoms with Crippen LogP contribution in [0.5, 0.6) is 0 Å². The molecule has 2 unspecified atom stereocenters. The first-order valence-electron chi connectivity index (χ1n) is 5.95. The van der Waals surface area contributed by atoms with Crippen LogP contribution in [0.15, 0.2) is 28.5 Å². The maximum absolute atomic E-state index is 6.46. The van der Waals surface area contributed by atoms with Crippen LogP contribution in [-0.4, -0.2) is 28.4 Å². The van der Waals surface area contributed by atoms with Gasteiger partial charge in [0, 0.05) is 29.5 Å². The molecule has 3 heterocycles. The number of rotatable bonds is 1. The lowest BCUT2D eigenvalue weighted by atomic mass is 9.98. The Hall–Kier alpha value is -0.540. The van der Waals surface area contributed by atoms with Crippen molar-refractivity contribution in [3.63, 3.8) is 0 Å². The minimum atomic E-state index is 0.144. The normalized spacial score (nSPS) is 30.0. The summed E-state index contributed by atoms with van der Waals surface area (Å²) < 4.78 is 1.03. The monoisotopic (exact) mass is 312 g/mol. The van der Waals surface area contributed by atoms with Crippen LogP contribution < -0.4 is 0 Å². The largest absolute Gasteiger partial charge is 0.373 e. The molecule has 0 aliphatic carbocycles. The lowest BCUT2D eigenvalue weighted by Crippen LogP contribution is -2.31. The van der Waals surface area contributed by atoms with E-state index in [2.05, 4.69) is 31.9 Å². The zero-order chi connectivity index (χ0) is 11.8. The Morgan fingerprint density at radius 2 is 2.41 bits per heavy atom. The maximum atomic E-state index is 6.46. The Morgan fingerprint density at radius 3 is 3.24 bits per heavy atom. The van der Waals surface area contributed by atoms with Gasteiger partial charge in [0.25, 0.3) is 0 Å². The predicted molar refractivity (Wildman–Crippen MR) is 73.9 cm³/mol. The first-order chi connectivity index (χ1) is 8.24. The lowest BCUT2D eigenvalue weighted by Gasteiger charge is -2.31. The van der Waals surface area contributed by atoms with Crippen molar-refractivity contribution in [1.29, 1.82) is 0 Å². The van der Waals surface area contributed by atoms with Crippen molar-refractivity contribution >= 4 is 33.6 Å². The fraction of sp³-hybridized carbons (Fsp3) is 0.462. The van der Waals surface area contributed by atoms with E-state index in [1.807, 2.05) is 18.3 Å². The van der Waals surface area contributed by atoms with Crippen molar-refractivity contribution in [3.05, 3.63) is 34.2 Å². The van der Waals surface area contributed by atoms with E-state index >= 15 is 0 Å². The number of nitrogens with zero attached hydrogens (tertiary/aromatic N) is 2. The zero-order valence-electron chi connectivity index (χ0n) is 9.44. The second-order valence-corrected chi connectivity index (χ2v) is 6.12. The van der Waals surface area contributed by atoms with Gasteiger partial charge in [0.1, 0.15) is 0 Å². The summed E-state index contributed by atoms with van der Waals surface area (Å²) in [7, 11) is 0. The average molecular weight is 314 g/mol. The van der Waals surface area contributed by atoms with E-state index in [-0.39, 0.29) is 5.38 Å². The van der Waals surface area contributed by atoms with Crippen LogP contribution in [0.2, 0.25) is 0 Å². The number of fused-ring (bicyclic) bond motifs is 2. The summed E-state index contributed by atoms with van der Waals surface area (Å²) in [6.07, 6.45) is 6.33. The molecule has 17 heavy (non-hydrogen) atoms. The van der Waals surface area contributed by atoms with Gasteiger partial charge in [-0.25, -0.2) is 0 Å². The third-order valence-electron chi connectivity index (χ3n) is 3.58. The van der Waals surface area contributed by atoms with E-state index < -0.39 is 0 Å². The lowest BCUT2D eigenvalue weighted by molar-refractivity contribution is 0.341. The molecule has 0 saturated carbocycles. The first kappa shape index (κ1) is 11.5. The fourth-order valence-electron chi connectivity index (χ4n) is 2.70. The summed E-state index contributed by atoms with van der Waals surface area (Å²) in [6, 6.07) is 3.94. The van der Waals surface area contributed by atoms with Crippen LogP contribution in [-0.2, 0) is 0 Å². The number of hydrogen-bond donors (Lipinski definition) is 0. The van der Waals surface area contributed by atoms with Crippen LogP contribution in [0, 0.1) is 5.92 Å². The van der Waals surface area contributed by atoms with Gasteiger partial charge in [0.15, 0.2) is 0 Å². The third kappa shape index (κ3) is 2.23. The van der Waals surface area contributed by atoms with Crippen LogP contribution in [0.4, 0.5) is 0 Å². The van der Waals surface area contributed by atoms with Crippen LogP contribution in [0.25, 0.3) is 6.08 Å². The highest BCUT2D eigenvalue weighted by atomic mass is 79.9. The predicted octanol–water partition coefficient (Wildman–Crippen LogP) is 3.52. The number of allylic oxidation sites excluding steroid dienone is 1. The van der Waals surface area contributed by atoms with Gasteiger partial charge in [-0.1, -0.05) is 0 Å². The van der Waals surface area contributed by atoms with Crippen LogP contribution in [0.3, 0.4) is 0 Å². The second-order valence-electron chi connectivity index (χ2n) is 4.74. The summed E-state index contributed by atoms with van der Waals surface area (Å²) in [5.74, 6) is 0.793. The van der Waals surface area contributed by atoms with Crippen LogP contribution in [0.1, 0.15) is 18.5 Å². The Kier molecular flexibility index (Phi) is 3.14. The Labute approximate surface area is 115 Å². The van der Waals surface area contributed by atoms with E-state index in [0.29, 0.717) is 0 Å². The van der Waals surface area contributed by atoms with E-state index in [9.17, 15) is 0 Å². The van der Waals surface area contributed by atoms with Gasteiger partial charge >= 0.3 is 0 Å². The molecule has 0 N–H and O–H groups in total. The number of piperidine rings is 1.